The standard InChI is InChI=1S/C19H15N3O2/c1-2-24-19(23)14-8-9-16-15(12-14)21-17(13-6-4-3-5-7-13)18-20-10-11-22(16)18/h3-12H,2H2,1H3. The lowest BCUT2D eigenvalue weighted by atomic mass is 10.1. The Balaban J connectivity index is 1.98. The second-order valence-electron chi connectivity index (χ2n) is 5.37. The molecule has 4 rings (SSSR count). The van der Waals surface area contributed by atoms with E-state index in [9.17, 15) is 4.79 Å². The van der Waals surface area contributed by atoms with E-state index in [2.05, 4.69) is 4.98 Å². The summed E-state index contributed by atoms with van der Waals surface area (Å²) in [4.78, 5) is 21.2. The Hall–Kier alpha value is -3.21. The zero-order valence-electron chi connectivity index (χ0n) is 13.1. The number of hydrogen-bond donors (Lipinski definition) is 0. The Morgan fingerprint density at radius 1 is 1.17 bits per heavy atom. The molecule has 0 aliphatic heterocycles. The lowest BCUT2D eigenvalue weighted by Gasteiger charge is -2.09. The van der Waals surface area contributed by atoms with Crippen molar-refractivity contribution in [3.8, 4) is 11.3 Å². The first-order valence-electron chi connectivity index (χ1n) is 7.77. The van der Waals surface area contributed by atoms with Gasteiger partial charge in [0, 0.05) is 18.0 Å². The first-order valence-corrected chi connectivity index (χ1v) is 7.77. The smallest absolute Gasteiger partial charge is 0.338 e. The van der Waals surface area contributed by atoms with Crippen molar-refractivity contribution in [1.29, 1.82) is 0 Å². The Morgan fingerprint density at radius 2 is 2.00 bits per heavy atom. The van der Waals surface area contributed by atoms with Gasteiger partial charge in [-0.25, -0.2) is 14.8 Å². The second-order valence-corrected chi connectivity index (χ2v) is 5.37. The van der Waals surface area contributed by atoms with Gasteiger partial charge in [0.1, 0.15) is 5.69 Å². The van der Waals surface area contributed by atoms with Gasteiger partial charge < -0.3 is 4.74 Å². The molecule has 5 heteroatoms. The predicted octanol–water partition coefficient (Wildman–Crippen LogP) is 3.73. The zero-order chi connectivity index (χ0) is 16.5. The topological polar surface area (TPSA) is 56.5 Å². The van der Waals surface area contributed by atoms with Crippen LogP contribution in [-0.4, -0.2) is 26.9 Å². The number of imidazole rings is 1. The van der Waals surface area contributed by atoms with Gasteiger partial charge in [0.05, 0.1) is 23.2 Å². The number of benzene rings is 2. The average molecular weight is 317 g/mol. The first kappa shape index (κ1) is 14.4. The van der Waals surface area contributed by atoms with E-state index in [0.717, 1.165) is 27.9 Å². The van der Waals surface area contributed by atoms with Crippen LogP contribution in [0, 0.1) is 0 Å². The third-order valence-electron chi connectivity index (χ3n) is 3.88. The van der Waals surface area contributed by atoms with Gasteiger partial charge in [-0.05, 0) is 25.1 Å². The molecule has 2 aromatic carbocycles. The third-order valence-corrected chi connectivity index (χ3v) is 3.88. The summed E-state index contributed by atoms with van der Waals surface area (Å²) in [5.74, 6) is -0.340. The van der Waals surface area contributed by atoms with Gasteiger partial charge in [0.2, 0.25) is 0 Å². The molecule has 0 atom stereocenters. The number of esters is 1. The van der Waals surface area contributed by atoms with Gasteiger partial charge in [0.15, 0.2) is 5.65 Å². The average Bonchev–Trinajstić information content (AvgIpc) is 3.11. The highest BCUT2D eigenvalue weighted by Crippen LogP contribution is 2.26. The fourth-order valence-corrected chi connectivity index (χ4v) is 2.79. The lowest BCUT2D eigenvalue weighted by Crippen LogP contribution is -2.05. The van der Waals surface area contributed by atoms with Crippen molar-refractivity contribution in [1.82, 2.24) is 14.4 Å². The monoisotopic (exact) mass is 317 g/mol. The van der Waals surface area contributed by atoms with E-state index in [1.54, 1.807) is 25.3 Å². The molecule has 0 bridgehead atoms. The molecule has 0 aliphatic rings. The SMILES string of the molecule is CCOC(=O)c1ccc2c(c1)nc(-c1ccccc1)c1nccn12. The highest BCUT2D eigenvalue weighted by molar-refractivity contribution is 5.95. The Morgan fingerprint density at radius 3 is 2.79 bits per heavy atom. The van der Waals surface area contributed by atoms with Crippen LogP contribution < -0.4 is 0 Å². The number of carbonyl (C=O) groups excluding carboxylic acids is 1. The van der Waals surface area contributed by atoms with Crippen molar-refractivity contribution in [2.45, 2.75) is 6.92 Å². The zero-order valence-corrected chi connectivity index (χ0v) is 13.1. The van der Waals surface area contributed by atoms with Crippen LogP contribution >= 0.6 is 0 Å². The molecule has 24 heavy (non-hydrogen) atoms. The molecule has 0 unspecified atom stereocenters. The number of carbonyl (C=O) groups is 1. The van der Waals surface area contributed by atoms with Crippen molar-refractivity contribution in [3.05, 3.63) is 66.5 Å². The van der Waals surface area contributed by atoms with E-state index in [4.69, 9.17) is 9.72 Å². The van der Waals surface area contributed by atoms with Crippen LogP contribution in [0.1, 0.15) is 17.3 Å². The van der Waals surface area contributed by atoms with Gasteiger partial charge in [-0.15, -0.1) is 0 Å². The Labute approximate surface area is 138 Å². The van der Waals surface area contributed by atoms with Crippen molar-refractivity contribution in [3.63, 3.8) is 0 Å². The number of hydrogen-bond acceptors (Lipinski definition) is 4. The first-order chi connectivity index (χ1) is 11.8. The molecule has 2 heterocycles. The predicted molar refractivity (Wildman–Crippen MR) is 91.9 cm³/mol. The van der Waals surface area contributed by atoms with Gasteiger partial charge in [-0.3, -0.25) is 4.40 Å². The summed E-state index contributed by atoms with van der Waals surface area (Å²) < 4.78 is 7.06. The van der Waals surface area contributed by atoms with Crippen LogP contribution in [0.3, 0.4) is 0 Å². The van der Waals surface area contributed by atoms with Crippen LogP contribution in [-0.2, 0) is 4.74 Å². The van der Waals surface area contributed by atoms with Crippen molar-refractivity contribution < 1.29 is 9.53 Å². The fourth-order valence-electron chi connectivity index (χ4n) is 2.79. The molecule has 0 spiro atoms. The van der Waals surface area contributed by atoms with Crippen LogP contribution in [0.4, 0.5) is 0 Å². The quantitative estimate of drug-likeness (QED) is 0.540. The molecule has 5 nitrogen and oxygen atoms in total. The van der Waals surface area contributed by atoms with E-state index < -0.39 is 0 Å². The Kier molecular flexibility index (Phi) is 3.46. The van der Waals surface area contributed by atoms with E-state index in [1.165, 1.54) is 0 Å². The molecule has 0 fully saturated rings. The molecule has 0 saturated carbocycles. The second kappa shape index (κ2) is 5.77. The largest absolute Gasteiger partial charge is 0.462 e. The summed E-state index contributed by atoms with van der Waals surface area (Å²) in [6.45, 7) is 2.14. The normalized spacial score (nSPS) is 11.0. The molecule has 2 aromatic heterocycles. The molecule has 0 saturated heterocycles. The Bertz CT molecular complexity index is 1040. The van der Waals surface area contributed by atoms with Gasteiger partial charge in [0.25, 0.3) is 0 Å². The van der Waals surface area contributed by atoms with Gasteiger partial charge >= 0.3 is 5.97 Å². The van der Waals surface area contributed by atoms with Crippen LogP contribution in [0.15, 0.2) is 60.9 Å². The summed E-state index contributed by atoms with van der Waals surface area (Å²) in [5.41, 5.74) is 4.68. The lowest BCUT2D eigenvalue weighted by molar-refractivity contribution is 0.0526. The summed E-state index contributed by atoms with van der Waals surface area (Å²) in [7, 11) is 0. The number of nitrogens with zero attached hydrogens (tertiary/aromatic N) is 3. The number of aromatic nitrogens is 3. The number of ether oxygens (including phenoxy) is 1. The maximum Gasteiger partial charge on any atom is 0.338 e. The van der Waals surface area contributed by atoms with E-state index in [-0.39, 0.29) is 5.97 Å². The van der Waals surface area contributed by atoms with Crippen LogP contribution in [0.5, 0.6) is 0 Å². The maximum absolute atomic E-state index is 12.0. The van der Waals surface area contributed by atoms with Crippen molar-refractivity contribution in [2.24, 2.45) is 0 Å². The summed E-state index contributed by atoms with van der Waals surface area (Å²) in [6, 6.07) is 15.3. The maximum atomic E-state index is 12.0. The highest BCUT2D eigenvalue weighted by atomic mass is 16.5. The van der Waals surface area contributed by atoms with Crippen LogP contribution in [0.25, 0.3) is 27.9 Å². The van der Waals surface area contributed by atoms with E-state index in [0.29, 0.717) is 12.2 Å². The minimum Gasteiger partial charge on any atom is -0.462 e. The van der Waals surface area contributed by atoms with Crippen LogP contribution in [0.2, 0.25) is 0 Å². The molecule has 0 amide bonds. The molecular weight excluding hydrogens is 302 g/mol. The molecule has 0 radical (unpaired) electrons. The van der Waals surface area contributed by atoms with Gasteiger partial charge in [-0.1, -0.05) is 30.3 Å². The minimum atomic E-state index is -0.340. The highest BCUT2D eigenvalue weighted by Gasteiger charge is 2.13. The molecular formula is C19H15N3O2. The van der Waals surface area contributed by atoms with Gasteiger partial charge in [-0.2, -0.15) is 0 Å². The number of rotatable bonds is 3. The summed E-state index contributed by atoms with van der Waals surface area (Å²) >= 11 is 0. The summed E-state index contributed by atoms with van der Waals surface area (Å²) in [5, 5.41) is 0. The summed E-state index contributed by atoms with van der Waals surface area (Å²) in [6.07, 6.45) is 3.65. The van der Waals surface area contributed by atoms with Crippen molar-refractivity contribution in [2.75, 3.05) is 6.61 Å². The van der Waals surface area contributed by atoms with E-state index in [1.807, 2.05) is 47.0 Å². The number of fused-ring (bicyclic) bond motifs is 3. The van der Waals surface area contributed by atoms with Crippen molar-refractivity contribution >= 4 is 22.6 Å². The molecule has 0 N–H and O–H groups in total. The minimum absolute atomic E-state index is 0.340. The molecule has 118 valence electrons. The third kappa shape index (κ3) is 2.31. The molecule has 4 aromatic rings. The molecule has 0 aliphatic carbocycles. The fraction of sp³-hybridized carbons (Fsp3) is 0.105. The van der Waals surface area contributed by atoms with E-state index >= 15 is 0 Å².